The zero-order valence-corrected chi connectivity index (χ0v) is 21.2. The zero-order valence-electron chi connectivity index (χ0n) is 21.2. The van der Waals surface area contributed by atoms with Crippen LogP contribution >= 0.6 is 0 Å². The average Bonchev–Trinajstić information content (AvgIpc) is 2.85. The van der Waals surface area contributed by atoms with Crippen LogP contribution in [0.25, 0.3) is 10.9 Å². The molecule has 1 aromatic heterocycles. The summed E-state index contributed by atoms with van der Waals surface area (Å²) in [7, 11) is 0. The fourth-order valence-corrected chi connectivity index (χ4v) is 4.89. The van der Waals surface area contributed by atoms with Gasteiger partial charge in [0.15, 0.2) is 5.96 Å². The van der Waals surface area contributed by atoms with Crippen molar-refractivity contribution in [2.24, 2.45) is 11.5 Å². The Morgan fingerprint density at radius 1 is 1.26 bits per heavy atom. The van der Waals surface area contributed by atoms with E-state index in [1.807, 2.05) is 11.8 Å². The quantitative estimate of drug-likeness (QED) is 0.152. The highest BCUT2D eigenvalue weighted by atomic mass is 19.1. The number of rotatable bonds is 7. The molecule has 1 aromatic carbocycles. The number of piperidine rings is 1. The number of nitrogens with one attached hydrogen (secondary N) is 2. The van der Waals surface area contributed by atoms with E-state index in [1.54, 1.807) is 4.57 Å². The van der Waals surface area contributed by atoms with E-state index in [0.717, 1.165) is 12.0 Å². The highest BCUT2D eigenvalue weighted by Gasteiger charge is 2.30. The predicted molar refractivity (Wildman–Crippen MR) is 140 cm³/mol. The molecule has 0 bridgehead atoms. The summed E-state index contributed by atoms with van der Waals surface area (Å²) in [6, 6.07) is 0.395. The minimum atomic E-state index is -1.30. The van der Waals surface area contributed by atoms with E-state index < -0.39 is 29.2 Å². The lowest BCUT2D eigenvalue weighted by molar-refractivity contribution is -0.138. The molecule has 12 nitrogen and oxygen atoms in total. The van der Waals surface area contributed by atoms with Crippen molar-refractivity contribution in [2.75, 3.05) is 24.5 Å². The molecule has 9 N–H and O–H groups in total. The van der Waals surface area contributed by atoms with Crippen LogP contribution in [-0.4, -0.2) is 69.6 Å². The van der Waals surface area contributed by atoms with Crippen LogP contribution in [0.5, 0.6) is 0 Å². The Labute approximate surface area is 218 Å². The van der Waals surface area contributed by atoms with Crippen LogP contribution in [0.4, 0.5) is 10.1 Å². The maximum absolute atomic E-state index is 15.0. The first-order valence-corrected chi connectivity index (χ1v) is 12.5. The lowest BCUT2D eigenvalue weighted by Crippen LogP contribution is -2.37. The molecule has 2 atom stereocenters. The molecule has 3 heterocycles. The summed E-state index contributed by atoms with van der Waals surface area (Å²) < 4.78 is 16.8. The lowest BCUT2D eigenvalue weighted by Gasteiger charge is -2.36. The third kappa shape index (κ3) is 6.40. The van der Waals surface area contributed by atoms with Gasteiger partial charge in [0.05, 0.1) is 17.3 Å². The molecule has 0 radical (unpaired) electrons. The maximum Gasteiger partial charge on any atom is 0.341 e. The van der Waals surface area contributed by atoms with Gasteiger partial charge >= 0.3 is 11.9 Å². The van der Waals surface area contributed by atoms with Gasteiger partial charge in [-0.1, -0.05) is 0 Å². The monoisotopic (exact) mass is 534 g/mol. The Hall–Kier alpha value is -3.71. The Bertz CT molecular complexity index is 1270. The van der Waals surface area contributed by atoms with E-state index in [4.69, 9.17) is 22.0 Å². The topological polar surface area (TPSA) is 208 Å². The molecule has 1 saturated heterocycles. The van der Waals surface area contributed by atoms with Crippen molar-refractivity contribution in [2.45, 2.75) is 63.6 Å². The Morgan fingerprint density at radius 2 is 1.92 bits per heavy atom. The van der Waals surface area contributed by atoms with E-state index in [2.05, 4.69) is 5.32 Å². The lowest BCUT2D eigenvalue weighted by atomic mass is 9.93. The molecule has 2 aliphatic rings. The number of halogens is 1. The van der Waals surface area contributed by atoms with Gasteiger partial charge in [-0.05, 0) is 51.5 Å². The number of benzene rings is 1. The molecule has 208 valence electrons. The molecule has 0 saturated carbocycles. The largest absolute Gasteiger partial charge is 0.480 e. The Morgan fingerprint density at radius 3 is 2.50 bits per heavy atom. The number of aromatic nitrogens is 1. The van der Waals surface area contributed by atoms with E-state index in [1.165, 1.54) is 12.3 Å². The van der Waals surface area contributed by atoms with Crippen molar-refractivity contribution < 1.29 is 29.3 Å². The summed E-state index contributed by atoms with van der Waals surface area (Å²) in [4.78, 5) is 36.2. The highest BCUT2D eigenvalue weighted by Crippen LogP contribution is 2.38. The summed E-state index contributed by atoms with van der Waals surface area (Å²) in [5.74, 6) is -2.91. The Kier molecular flexibility index (Phi) is 9.28. The first-order chi connectivity index (χ1) is 17.9. The number of carbonyl (C=O) groups is 2. The average molecular weight is 535 g/mol. The van der Waals surface area contributed by atoms with Crippen LogP contribution in [0.1, 0.15) is 61.0 Å². The van der Waals surface area contributed by atoms with Gasteiger partial charge in [0.25, 0.3) is 0 Å². The smallest absolute Gasteiger partial charge is 0.341 e. The van der Waals surface area contributed by atoms with Gasteiger partial charge in [0.1, 0.15) is 17.4 Å². The SMILES string of the molecule is CC1CCc2c(N3CCC(O)CC3)c(F)cc3c(=O)c(C(=O)O)cn1c23.N=C(N)NCCC[C@@H](N)C(=O)O. The molecule has 2 aliphatic heterocycles. The van der Waals surface area contributed by atoms with Crippen LogP contribution in [0.3, 0.4) is 0 Å². The number of nitrogens with two attached hydrogens (primary N) is 2. The number of aliphatic hydroxyl groups is 1. The van der Waals surface area contributed by atoms with E-state index >= 15 is 4.39 Å². The van der Waals surface area contributed by atoms with Crippen molar-refractivity contribution >= 4 is 34.5 Å². The van der Waals surface area contributed by atoms with Gasteiger partial charge in [0.2, 0.25) is 5.43 Å². The van der Waals surface area contributed by atoms with Crippen molar-refractivity contribution in [1.29, 1.82) is 5.41 Å². The van der Waals surface area contributed by atoms with Gasteiger partial charge in [-0.25, -0.2) is 9.18 Å². The highest BCUT2D eigenvalue weighted by molar-refractivity contribution is 5.95. The Balaban J connectivity index is 0.000000284. The van der Waals surface area contributed by atoms with Gasteiger partial charge in [-0.3, -0.25) is 15.0 Å². The minimum Gasteiger partial charge on any atom is -0.480 e. The molecule has 38 heavy (non-hydrogen) atoms. The second-order valence-corrected chi connectivity index (χ2v) is 9.70. The molecular weight excluding hydrogens is 499 g/mol. The number of aliphatic carboxylic acids is 1. The second-order valence-electron chi connectivity index (χ2n) is 9.70. The third-order valence-corrected chi connectivity index (χ3v) is 6.96. The number of pyridine rings is 1. The first kappa shape index (κ1) is 28.9. The van der Waals surface area contributed by atoms with E-state index in [9.17, 15) is 24.6 Å². The van der Waals surface area contributed by atoms with Crippen molar-refractivity contribution in [3.63, 3.8) is 0 Å². The minimum absolute atomic E-state index is 0.0326. The standard InChI is InChI=1S/C19H21FN2O4.C6H14N4O2/c1-10-2-3-12-16-13(18(24)14(19(25)26)9-22(10)16)8-15(20)17(12)21-6-4-11(23)5-7-21;7-4(5(11)12)2-1-3-10-6(8)9/h8-11,23H,2-7H2,1H3,(H,25,26);4H,1-3,7H2,(H,11,12)(H4,8,9,10)/t;4-/m.1/s1. The molecule has 0 spiro atoms. The van der Waals surface area contributed by atoms with E-state index in [-0.39, 0.29) is 29.1 Å². The van der Waals surface area contributed by atoms with Crippen molar-refractivity contribution in [3.8, 4) is 0 Å². The van der Waals surface area contributed by atoms with Crippen molar-refractivity contribution in [1.82, 2.24) is 9.88 Å². The number of nitrogens with zero attached hydrogens (tertiary/aromatic N) is 2. The van der Waals surface area contributed by atoms with Gasteiger partial charge < -0.3 is 41.6 Å². The number of aryl methyl sites for hydroxylation is 1. The second kappa shape index (κ2) is 12.2. The number of aromatic carboxylic acids is 1. The number of anilines is 1. The molecule has 2 aromatic rings. The number of aliphatic hydroxyl groups excluding tert-OH is 1. The van der Waals surface area contributed by atoms with Crippen LogP contribution in [0.15, 0.2) is 17.1 Å². The molecule has 1 unspecified atom stereocenters. The summed E-state index contributed by atoms with van der Waals surface area (Å²) >= 11 is 0. The third-order valence-electron chi connectivity index (χ3n) is 6.96. The fraction of sp³-hybridized carbons (Fsp3) is 0.520. The predicted octanol–water partition coefficient (Wildman–Crippen LogP) is 0.969. The molecule has 0 aliphatic carbocycles. The zero-order chi connectivity index (χ0) is 28.1. The molecule has 1 fully saturated rings. The molecule has 13 heteroatoms. The summed E-state index contributed by atoms with van der Waals surface area (Å²) in [6.07, 6.45) is 4.55. The summed E-state index contributed by atoms with van der Waals surface area (Å²) in [6.45, 7) is 3.57. The van der Waals surface area contributed by atoms with Crippen LogP contribution in [0.2, 0.25) is 0 Å². The van der Waals surface area contributed by atoms with Crippen LogP contribution in [-0.2, 0) is 11.2 Å². The molecule has 0 amide bonds. The number of carboxylic acids is 2. The first-order valence-electron chi connectivity index (χ1n) is 12.5. The number of carboxylic acid groups (broad SMARTS) is 2. The van der Waals surface area contributed by atoms with Crippen LogP contribution < -0.4 is 27.1 Å². The summed E-state index contributed by atoms with van der Waals surface area (Å²) in [5, 5.41) is 36.9. The fourth-order valence-electron chi connectivity index (χ4n) is 4.89. The van der Waals surface area contributed by atoms with Gasteiger partial charge in [0, 0.05) is 42.8 Å². The number of hydrogen-bond donors (Lipinski definition) is 7. The molecular formula is C25H35FN6O6. The van der Waals surface area contributed by atoms with E-state index in [0.29, 0.717) is 62.9 Å². The number of hydrogen-bond acceptors (Lipinski definition) is 7. The molecule has 4 rings (SSSR count). The maximum atomic E-state index is 15.0. The number of guanidine groups is 1. The van der Waals surface area contributed by atoms with Gasteiger partial charge in [-0.2, -0.15) is 0 Å². The van der Waals surface area contributed by atoms with Crippen molar-refractivity contribution in [3.05, 3.63) is 39.4 Å². The normalized spacial score (nSPS) is 17.9. The van der Waals surface area contributed by atoms with Gasteiger partial charge in [-0.15, -0.1) is 0 Å². The van der Waals surface area contributed by atoms with Crippen LogP contribution in [0, 0.1) is 11.2 Å². The summed E-state index contributed by atoms with van der Waals surface area (Å²) in [5.41, 5.74) is 11.1.